The van der Waals surface area contributed by atoms with Crippen molar-refractivity contribution in [2.24, 2.45) is 0 Å². The molecule has 13 heteroatoms. The van der Waals surface area contributed by atoms with Gasteiger partial charge in [0.2, 0.25) is 5.43 Å². The van der Waals surface area contributed by atoms with Gasteiger partial charge in [-0.15, -0.1) is 0 Å². The van der Waals surface area contributed by atoms with Crippen LogP contribution in [0.2, 0.25) is 0 Å². The van der Waals surface area contributed by atoms with E-state index in [2.05, 4.69) is 0 Å². The lowest BCUT2D eigenvalue weighted by atomic mass is 9.89. The smallest absolute Gasteiger partial charge is 0.331 e. The molecule has 2 heterocycles. The molecule has 0 unspecified atom stereocenters. The molecule has 0 amide bonds. The summed E-state index contributed by atoms with van der Waals surface area (Å²) in [6, 6.07) is 8.65. The fourth-order valence-electron chi connectivity index (χ4n) is 4.68. The number of benzene rings is 3. The average molecular weight is 568 g/mol. The van der Waals surface area contributed by atoms with Gasteiger partial charge >= 0.3 is 5.97 Å². The third-order valence-electron chi connectivity index (χ3n) is 6.76. The lowest BCUT2D eigenvalue weighted by Gasteiger charge is -2.42. The maximum atomic E-state index is 13.3. The molecule has 0 spiro atoms. The van der Waals surface area contributed by atoms with E-state index >= 15 is 0 Å². The highest BCUT2D eigenvalue weighted by atomic mass is 16.6. The zero-order valence-electron chi connectivity index (χ0n) is 20.9. The van der Waals surface area contributed by atoms with Gasteiger partial charge in [0.25, 0.3) is 0 Å². The SMILES string of the molecule is O=C(/C=C/c1ccc(O)cc1)O[C@@H]1[C@@H](O)[C@H](O)[C@@H](CO)O[C@@H]1c1c(O)cc2oc3cc(O)c(O)cc3c(=O)c2c1O. The number of hydrogen-bond acceptors (Lipinski definition) is 13. The number of aliphatic hydroxyl groups excluding tert-OH is 3. The first-order valence-corrected chi connectivity index (χ1v) is 12.2. The second-order valence-electron chi connectivity index (χ2n) is 9.38. The van der Waals surface area contributed by atoms with Crippen molar-refractivity contribution in [3.8, 4) is 28.7 Å². The van der Waals surface area contributed by atoms with Crippen molar-refractivity contribution < 1.29 is 59.5 Å². The normalized spacial score (nSPS) is 22.9. The summed E-state index contributed by atoms with van der Waals surface area (Å²) in [5, 5.41) is 81.3. The molecule has 4 aromatic rings. The van der Waals surface area contributed by atoms with E-state index in [1.165, 1.54) is 30.3 Å². The molecule has 5 atom stereocenters. The zero-order chi connectivity index (χ0) is 29.6. The highest BCUT2D eigenvalue weighted by Gasteiger charge is 2.49. The quantitative estimate of drug-likeness (QED) is 0.0735. The summed E-state index contributed by atoms with van der Waals surface area (Å²) in [6.45, 7) is -0.805. The van der Waals surface area contributed by atoms with E-state index in [9.17, 15) is 50.4 Å². The van der Waals surface area contributed by atoms with E-state index in [0.29, 0.717) is 5.56 Å². The van der Waals surface area contributed by atoms with E-state index < -0.39 is 82.5 Å². The van der Waals surface area contributed by atoms with Gasteiger partial charge in [-0.05, 0) is 29.8 Å². The molecule has 0 radical (unpaired) electrons. The Hall–Kier alpha value is -4.82. The second kappa shape index (κ2) is 10.6. The summed E-state index contributed by atoms with van der Waals surface area (Å²) in [5.74, 6) is -3.82. The van der Waals surface area contributed by atoms with Gasteiger partial charge in [0, 0.05) is 18.2 Å². The Kier molecular flexibility index (Phi) is 7.19. The molecule has 1 aliphatic rings. The summed E-state index contributed by atoms with van der Waals surface area (Å²) in [5.41, 5.74) is -1.34. The molecule has 13 nitrogen and oxygen atoms in total. The molecular formula is C28H24O13. The monoisotopic (exact) mass is 568 g/mol. The van der Waals surface area contributed by atoms with Crippen molar-refractivity contribution in [2.45, 2.75) is 30.5 Å². The van der Waals surface area contributed by atoms with Crippen LogP contribution in [0.5, 0.6) is 28.7 Å². The molecule has 1 aliphatic heterocycles. The first-order valence-electron chi connectivity index (χ1n) is 12.2. The van der Waals surface area contributed by atoms with E-state index in [4.69, 9.17) is 13.9 Å². The molecular weight excluding hydrogens is 544 g/mol. The van der Waals surface area contributed by atoms with Crippen molar-refractivity contribution >= 4 is 34.0 Å². The number of hydrogen-bond donors (Lipinski definition) is 8. The highest BCUT2D eigenvalue weighted by Crippen LogP contribution is 2.46. The minimum Gasteiger partial charge on any atom is -0.508 e. The maximum absolute atomic E-state index is 13.3. The Bertz CT molecular complexity index is 1720. The molecule has 1 saturated heterocycles. The Morgan fingerprint density at radius 3 is 2.24 bits per heavy atom. The fourth-order valence-corrected chi connectivity index (χ4v) is 4.68. The maximum Gasteiger partial charge on any atom is 0.331 e. The number of carbonyl (C=O) groups is 1. The third kappa shape index (κ3) is 4.98. The van der Waals surface area contributed by atoms with E-state index in [0.717, 1.165) is 24.3 Å². The van der Waals surface area contributed by atoms with Crippen LogP contribution in [-0.4, -0.2) is 77.8 Å². The van der Waals surface area contributed by atoms with Crippen LogP contribution < -0.4 is 5.43 Å². The Balaban J connectivity index is 1.59. The number of rotatable bonds is 5. The van der Waals surface area contributed by atoms with Gasteiger partial charge in [-0.3, -0.25) is 4.79 Å². The van der Waals surface area contributed by atoms with Crippen LogP contribution in [0, 0.1) is 0 Å². The molecule has 214 valence electrons. The van der Waals surface area contributed by atoms with E-state index in [1.807, 2.05) is 0 Å². The van der Waals surface area contributed by atoms with Gasteiger partial charge in [0.15, 0.2) is 17.6 Å². The predicted octanol–water partition coefficient (Wildman–Crippen LogP) is 1.25. The third-order valence-corrected chi connectivity index (χ3v) is 6.76. The van der Waals surface area contributed by atoms with Crippen LogP contribution in [0.3, 0.4) is 0 Å². The van der Waals surface area contributed by atoms with Crippen molar-refractivity contribution in [3.05, 3.63) is 69.9 Å². The molecule has 0 bridgehead atoms. The number of aromatic hydroxyl groups is 5. The van der Waals surface area contributed by atoms with E-state index in [1.54, 1.807) is 0 Å². The van der Waals surface area contributed by atoms with Crippen molar-refractivity contribution in [1.29, 1.82) is 0 Å². The summed E-state index contributed by atoms with van der Waals surface area (Å²) >= 11 is 0. The summed E-state index contributed by atoms with van der Waals surface area (Å²) in [4.78, 5) is 26.0. The van der Waals surface area contributed by atoms with E-state index in [-0.39, 0.29) is 22.3 Å². The van der Waals surface area contributed by atoms with Crippen LogP contribution >= 0.6 is 0 Å². The topological polar surface area (TPSA) is 228 Å². The second-order valence-corrected chi connectivity index (χ2v) is 9.38. The number of fused-ring (bicyclic) bond motifs is 2. The van der Waals surface area contributed by atoms with Crippen LogP contribution in [0.1, 0.15) is 17.2 Å². The summed E-state index contributed by atoms with van der Waals surface area (Å²) in [7, 11) is 0. The molecule has 3 aromatic carbocycles. The van der Waals surface area contributed by atoms with Gasteiger partial charge in [-0.1, -0.05) is 12.1 Å². The highest BCUT2D eigenvalue weighted by molar-refractivity contribution is 5.96. The first kappa shape index (κ1) is 27.7. The van der Waals surface area contributed by atoms with Gasteiger partial charge in [-0.25, -0.2) is 4.79 Å². The molecule has 1 fully saturated rings. The van der Waals surface area contributed by atoms with Gasteiger partial charge < -0.3 is 54.7 Å². The minimum absolute atomic E-state index is 0.00875. The number of ether oxygens (including phenoxy) is 2. The Labute approximate surface area is 229 Å². The fraction of sp³-hybridized carbons (Fsp3) is 0.214. The molecule has 8 N–H and O–H groups in total. The Morgan fingerprint density at radius 2 is 1.56 bits per heavy atom. The largest absolute Gasteiger partial charge is 0.508 e. The van der Waals surface area contributed by atoms with Gasteiger partial charge in [-0.2, -0.15) is 0 Å². The van der Waals surface area contributed by atoms with Gasteiger partial charge in [0.1, 0.15) is 58.2 Å². The zero-order valence-corrected chi connectivity index (χ0v) is 20.9. The van der Waals surface area contributed by atoms with Crippen molar-refractivity contribution in [2.75, 3.05) is 6.61 Å². The van der Waals surface area contributed by atoms with Crippen molar-refractivity contribution in [3.63, 3.8) is 0 Å². The number of phenolic OH excluding ortho intramolecular Hbond substituents is 5. The number of phenols is 5. The first-order chi connectivity index (χ1) is 19.5. The lowest BCUT2D eigenvalue weighted by Crippen LogP contribution is -2.56. The number of esters is 1. The van der Waals surface area contributed by atoms with Crippen molar-refractivity contribution in [1.82, 2.24) is 0 Å². The standard InChI is InChI=1S/C28H24O13/c29-10-19-24(36)26(38)28(41-20(34)6-3-11-1-4-12(30)5-2-11)27(40-19)21-16(33)9-18-22(25(21)37)23(35)13-7-14(31)15(32)8-17(13)39-18/h1-9,19,24,26-33,36-38H,10H2/b6-3+/t19-,24-,26+,27-,28-/m1/s1. The average Bonchev–Trinajstić information content (AvgIpc) is 2.93. The molecule has 5 rings (SSSR count). The molecule has 41 heavy (non-hydrogen) atoms. The number of carbonyl (C=O) groups excluding carboxylic acids is 1. The number of aliphatic hydroxyl groups is 3. The lowest BCUT2D eigenvalue weighted by molar-refractivity contribution is -0.240. The van der Waals surface area contributed by atoms with Crippen LogP contribution in [0.15, 0.2) is 57.8 Å². The van der Waals surface area contributed by atoms with Crippen LogP contribution in [0.4, 0.5) is 0 Å². The van der Waals surface area contributed by atoms with Crippen LogP contribution in [0.25, 0.3) is 28.0 Å². The molecule has 0 saturated carbocycles. The summed E-state index contributed by atoms with van der Waals surface area (Å²) in [6.07, 6.45) is -6.20. The summed E-state index contributed by atoms with van der Waals surface area (Å²) < 4.78 is 16.6. The van der Waals surface area contributed by atoms with Gasteiger partial charge in [0.05, 0.1) is 17.6 Å². The molecule has 1 aromatic heterocycles. The van der Waals surface area contributed by atoms with Crippen LogP contribution in [-0.2, 0) is 14.3 Å². The predicted molar refractivity (Wildman–Crippen MR) is 140 cm³/mol. The minimum atomic E-state index is -1.88. The Morgan fingerprint density at radius 1 is 0.902 bits per heavy atom. The molecule has 0 aliphatic carbocycles.